The summed E-state index contributed by atoms with van der Waals surface area (Å²) in [7, 11) is 0. The number of hydrogen-bond acceptors (Lipinski definition) is 3. The number of nitrogens with two attached hydrogens (primary N) is 1. The summed E-state index contributed by atoms with van der Waals surface area (Å²) in [5, 5.41) is 7.02. The summed E-state index contributed by atoms with van der Waals surface area (Å²) in [4.78, 5) is 12.0. The van der Waals surface area contributed by atoms with Crippen molar-refractivity contribution in [1.29, 1.82) is 0 Å². The fraction of sp³-hybridized carbons (Fsp3) is 0.286. The van der Waals surface area contributed by atoms with Gasteiger partial charge in [0.1, 0.15) is 0 Å². The van der Waals surface area contributed by atoms with Crippen LogP contribution in [0.15, 0.2) is 42.7 Å². The molecule has 0 bridgehead atoms. The quantitative estimate of drug-likeness (QED) is 0.878. The maximum absolute atomic E-state index is 12.0. The van der Waals surface area contributed by atoms with E-state index in [1.807, 2.05) is 50.4 Å². The molecule has 1 amide bonds. The second kappa shape index (κ2) is 5.67. The summed E-state index contributed by atoms with van der Waals surface area (Å²) in [6.07, 6.45) is 3.52. The lowest BCUT2D eigenvalue weighted by atomic mass is 10.0. The SMILES string of the molecule is CC(C)[C@@H](N)C(=O)Nc1ccccc1-n1cccn1. The molecular weight excluding hydrogens is 240 g/mol. The van der Waals surface area contributed by atoms with Crippen LogP contribution in [0, 0.1) is 5.92 Å². The number of aromatic nitrogens is 2. The van der Waals surface area contributed by atoms with Crippen LogP contribution in [0.5, 0.6) is 0 Å². The lowest BCUT2D eigenvalue weighted by Gasteiger charge is -2.17. The zero-order chi connectivity index (χ0) is 13.8. The van der Waals surface area contributed by atoms with E-state index in [9.17, 15) is 4.79 Å². The van der Waals surface area contributed by atoms with Crippen molar-refractivity contribution in [3.8, 4) is 5.69 Å². The van der Waals surface area contributed by atoms with Gasteiger partial charge >= 0.3 is 0 Å². The zero-order valence-corrected chi connectivity index (χ0v) is 11.1. The van der Waals surface area contributed by atoms with Gasteiger partial charge in [-0.1, -0.05) is 26.0 Å². The maximum Gasteiger partial charge on any atom is 0.241 e. The van der Waals surface area contributed by atoms with Gasteiger partial charge in [-0.2, -0.15) is 5.10 Å². The molecule has 1 atom stereocenters. The van der Waals surface area contributed by atoms with E-state index in [2.05, 4.69) is 10.4 Å². The summed E-state index contributed by atoms with van der Waals surface area (Å²) in [5.74, 6) is -0.0912. The van der Waals surface area contributed by atoms with Gasteiger partial charge in [-0.05, 0) is 24.1 Å². The Bertz CT molecular complexity index is 548. The third-order valence-corrected chi connectivity index (χ3v) is 2.93. The largest absolute Gasteiger partial charge is 0.323 e. The Morgan fingerprint density at radius 2 is 2.05 bits per heavy atom. The third-order valence-electron chi connectivity index (χ3n) is 2.93. The van der Waals surface area contributed by atoms with Crippen molar-refractivity contribution < 1.29 is 4.79 Å². The summed E-state index contributed by atoms with van der Waals surface area (Å²) in [6.45, 7) is 3.84. The van der Waals surface area contributed by atoms with Gasteiger partial charge in [0.25, 0.3) is 0 Å². The molecule has 0 saturated carbocycles. The van der Waals surface area contributed by atoms with Crippen LogP contribution in [0.4, 0.5) is 5.69 Å². The Morgan fingerprint density at radius 3 is 2.68 bits per heavy atom. The molecule has 5 nitrogen and oxygen atoms in total. The van der Waals surface area contributed by atoms with Crippen LogP contribution in [-0.2, 0) is 4.79 Å². The second-order valence-corrected chi connectivity index (χ2v) is 4.73. The molecule has 0 aliphatic heterocycles. The smallest absolute Gasteiger partial charge is 0.241 e. The normalized spacial score (nSPS) is 12.4. The number of hydrogen-bond donors (Lipinski definition) is 2. The van der Waals surface area contributed by atoms with E-state index in [1.165, 1.54) is 0 Å². The topological polar surface area (TPSA) is 72.9 Å². The molecule has 0 aliphatic rings. The van der Waals surface area contributed by atoms with E-state index < -0.39 is 6.04 Å². The first-order valence-corrected chi connectivity index (χ1v) is 6.25. The lowest BCUT2D eigenvalue weighted by molar-refractivity contribution is -0.118. The van der Waals surface area contributed by atoms with Crippen molar-refractivity contribution in [1.82, 2.24) is 9.78 Å². The second-order valence-electron chi connectivity index (χ2n) is 4.73. The van der Waals surface area contributed by atoms with Crippen molar-refractivity contribution in [3.63, 3.8) is 0 Å². The first-order chi connectivity index (χ1) is 9.09. The standard InChI is InChI=1S/C14H18N4O/c1-10(2)13(15)14(19)17-11-6-3-4-7-12(11)18-9-5-8-16-18/h3-10,13H,15H2,1-2H3,(H,17,19)/t13-/m1/s1. The Hall–Kier alpha value is -2.14. The molecule has 100 valence electrons. The summed E-state index contributed by atoms with van der Waals surface area (Å²) in [5.41, 5.74) is 7.36. The van der Waals surface area contributed by atoms with Crippen molar-refractivity contribution in [2.75, 3.05) is 5.32 Å². The van der Waals surface area contributed by atoms with E-state index in [0.717, 1.165) is 5.69 Å². The van der Waals surface area contributed by atoms with Crippen molar-refractivity contribution in [2.24, 2.45) is 11.7 Å². The molecule has 19 heavy (non-hydrogen) atoms. The number of nitrogens with one attached hydrogen (secondary N) is 1. The summed E-state index contributed by atoms with van der Waals surface area (Å²) in [6, 6.07) is 8.80. The van der Waals surface area contributed by atoms with Crippen LogP contribution in [-0.4, -0.2) is 21.7 Å². The minimum Gasteiger partial charge on any atom is -0.323 e. The van der Waals surface area contributed by atoms with Crippen molar-refractivity contribution >= 4 is 11.6 Å². The van der Waals surface area contributed by atoms with E-state index in [0.29, 0.717) is 5.69 Å². The number of carbonyl (C=O) groups excluding carboxylic acids is 1. The molecule has 0 radical (unpaired) electrons. The summed E-state index contributed by atoms with van der Waals surface area (Å²) < 4.78 is 1.70. The van der Waals surface area contributed by atoms with Crippen LogP contribution in [0.2, 0.25) is 0 Å². The van der Waals surface area contributed by atoms with Gasteiger partial charge in [0.2, 0.25) is 5.91 Å². The number of nitrogens with zero attached hydrogens (tertiary/aromatic N) is 2. The van der Waals surface area contributed by atoms with Gasteiger partial charge in [0.15, 0.2) is 0 Å². The number of rotatable bonds is 4. The zero-order valence-electron chi connectivity index (χ0n) is 11.1. The Morgan fingerprint density at radius 1 is 1.32 bits per heavy atom. The Kier molecular flexibility index (Phi) is 3.97. The molecule has 0 saturated heterocycles. The Balaban J connectivity index is 2.24. The van der Waals surface area contributed by atoms with Crippen LogP contribution >= 0.6 is 0 Å². The highest BCUT2D eigenvalue weighted by molar-refractivity contribution is 5.96. The minimum atomic E-state index is -0.523. The average molecular weight is 258 g/mol. The molecule has 5 heteroatoms. The molecule has 3 N–H and O–H groups in total. The molecule has 0 spiro atoms. The van der Waals surface area contributed by atoms with Crippen LogP contribution in [0.3, 0.4) is 0 Å². The van der Waals surface area contributed by atoms with Crippen LogP contribution in [0.1, 0.15) is 13.8 Å². The predicted octanol–water partition coefficient (Wildman–Crippen LogP) is 1.79. The van der Waals surface area contributed by atoms with Gasteiger partial charge in [-0.15, -0.1) is 0 Å². The van der Waals surface area contributed by atoms with Crippen molar-refractivity contribution in [2.45, 2.75) is 19.9 Å². The maximum atomic E-state index is 12.0. The molecule has 2 aromatic rings. The molecule has 0 unspecified atom stereocenters. The molecule has 0 aliphatic carbocycles. The average Bonchev–Trinajstić information content (AvgIpc) is 2.92. The number of carbonyl (C=O) groups is 1. The molecule has 1 aromatic heterocycles. The van der Waals surface area contributed by atoms with Crippen molar-refractivity contribution in [3.05, 3.63) is 42.7 Å². The molecule has 2 rings (SSSR count). The van der Waals surface area contributed by atoms with Crippen LogP contribution in [0.25, 0.3) is 5.69 Å². The number of anilines is 1. The first-order valence-electron chi connectivity index (χ1n) is 6.25. The molecule has 1 heterocycles. The Labute approximate surface area is 112 Å². The predicted molar refractivity (Wildman–Crippen MR) is 75.0 cm³/mol. The van der Waals surface area contributed by atoms with Gasteiger partial charge in [0.05, 0.1) is 17.4 Å². The minimum absolute atomic E-state index is 0.0943. The highest BCUT2D eigenvalue weighted by Gasteiger charge is 2.18. The fourth-order valence-corrected chi connectivity index (χ4v) is 1.71. The number of amides is 1. The molecule has 0 fully saturated rings. The van der Waals surface area contributed by atoms with Gasteiger partial charge < -0.3 is 11.1 Å². The molecular formula is C14H18N4O. The number of benzene rings is 1. The highest BCUT2D eigenvalue weighted by Crippen LogP contribution is 2.19. The van der Waals surface area contributed by atoms with E-state index in [4.69, 9.17) is 5.73 Å². The van der Waals surface area contributed by atoms with Gasteiger partial charge in [-0.25, -0.2) is 4.68 Å². The first kappa shape index (κ1) is 13.3. The number of para-hydroxylation sites is 2. The highest BCUT2D eigenvalue weighted by atomic mass is 16.2. The third kappa shape index (κ3) is 3.00. The van der Waals surface area contributed by atoms with Gasteiger partial charge in [0, 0.05) is 12.4 Å². The molecule has 1 aromatic carbocycles. The van der Waals surface area contributed by atoms with Crippen LogP contribution < -0.4 is 11.1 Å². The monoisotopic (exact) mass is 258 g/mol. The fourth-order valence-electron chi connectivity index (χ4n) is 1.71. The van der Waals surface area contributed by atoms with E-state index >= 15 is 0 Å². The lowest BCUT2D eigenvalue weighted by Crippen LogP contribution is -2.39. The van der Waals surface area contributed by atoms with E-state index in [1.54, 1.807) is 10.9 Å². The van der Waals surface area contributed by atoms with E-state index in [-0.39, 0.29) is 11.8 Å². The van der Waals surface area contributed by atoms with Gasteiger partial charge in [-0.3, -0.25) is 4.79 Å². The summed E-state index contributed by atoms with van der Waals surface area (Å²) >= 11 is 0.